The topological polar surface area (TPSA) is 52.6 Å². The van der Waals surface area contributed by atoms with Gasteiger partial charge in [0.15, 0.2) is 0 Å². The van der Waals surface area contributed by atoms with Crippen molar-refractivity contribution in [3.63, 3.8) is 0 Å². The van der Waals surface area contributed by atoms with Gasteiger partial charge in [-0.1, -0.05) is 38.1 Å². The summed E-state index contributed by atoms with van der Waals surface area (Å²) >= 11 is 0. The number of nitrogens with one attached hydrogen (secondary N) is 1. The number of nitrogens with zero attached hydrogens (tertiary/aromatic N) is 1. The lowest BCUT2D eigenvalue weighted by Gasteiger charge is -2.38. The van der Waals surface area contributed by atoms with Crippen molar-refractivity contribution >= 4 is 11.6 Å². The first-order chi connectivity index (χ1) is 12.5. The van der Waals surface area contributed by atoms with Crippen LogP contribution in [0.3, 0.4) is 0 Å². The van der Waals surface area contributed by atoms with Gasteiger partial charge in [-0.3, -0.25) is 4.79 Å². The first-order valence-corrected chi connectivity index (χ1v) is 9.51. The summed E-state index contributed by atoms with van der Waals surface area (Å²) in [5.74, 6) is 0.991. The maximum atomic E-state index is 12.5. The van der Waals surface area contributed by atoms with Crippen LogP contribution in [0, 0.1) is 0 Å². The molecule has 1 saturated heterocycles. The molecule has 0 spiro atoms. The number of phenols is 1. The summed E-state index contributed by atoms with van der Waals surface area (Å²) in [5, 5.41) is 13.5. The highest BCUT2D eigenvalue weighted by molar-refractivity contribution is 5.79. The van der Waals surface area contributed by atoms with Crippen LogP contribution in [0.2, 0.25) is 0 Å². The summed E-state index contributed by atoms with van der Waals surface area (Å²) in [6.07, 6.45) is 2.42. The van der Waals surface area contributed by atoms with E-state index in [1.165, 1.54) is 11.1 Å². The molecular weight excluding hydrogens is 324 g/mol. The molecule has 136 valence electrons. The second-order valence-electron chi connectivity index (χ2n) is 7.74. The van der Waals surface area contributed by atoms with E-state index in [2.05, 4.69) is 42.3 Å². The van der Waals surface area contributed by atoms with E-state index in [4.69, 9.17) is 0 Å². The van der Waals surface area contributed by atoms with Gasteiger partial charge in [-0.15, -0.1) is 0 Å². The number of carbonyl (C=O) groups is 1. The van der Waals surface area contributed by atoms with Gasteiger partial charge in [0, 0.05) is 18.7 Å². The standard InChI is InChI=1S/C22H26N2O2/c1-14(2)15-8-9-19-18(12-15)21(24-10-4-7-22(24)26)13-20(23-19)16-5-3-6-17(25)11-16/h3,5-6,8-9,11-12,14,20-21,23,25H,4,7,10,13H2,1-2H3/t20-,21-/m0/s1. The third kappa shape index (κ3) is 3.05. The van der Waals surface area contributed by atoms with Crippen molar-refractivity contribution in [3.8, 4) is 5.75 Å². The fraction of sp³-hybridized carbons (Fsp3) is 0.409. The molecule has 1 amide bonds. The molecule has 4 rings (SSSR count). The van der Waals surface area contributed by atoms with Gasteiger partial charge in [0.1, 0.15) is 5.75 Å². The third-order valence-electron chi connectivity index (χ3n) is 5.65. The molecule has 26 heavy (non-hydrogen) atoms. The lowest BCUT2D eigenvalue weighted by molar-refractivity contribution is -0.130. The molecule has 2 aliphatic rings. The van der Waals surface area contributed by atoms with Gasteiger partial charge in [-0.25, -0.2) is 0 Å². The summed E-state index contributed by atoms with van der Waals surface area (Å²) in [4.78, 5) is 14.5. The van der Waals surface area contributed by atoms with Crippen LogP contribution in [0.15, 0.2) is 42.5 Å². The SMILES string of the molecule is CC(C)c1ccc2c(c1)[C@@H](N1CCCC1=O)C[C@@H](c1cccc(O)c1)N2. The first-order valence-electron chi connectivity index (χ1n) is 9.51. The van der Waals surface area contributed by atoms with Crippen LogP contribution in [0.25, 0.3) is 0 Å². The second kappa shape index (κ2) is 6.67. The number of likely N-dealkylation sites (tertiary alicyclic amines) is 1. The monoisotopic (exact) mass is 350 g/mol. The number of phenolic OH excluding ortho intramolecular Hbond substituents is 1. The van der Waals surface area contributed by atoms with E-state index >= 15 is 0 Å². The van der Waals surface area contributed by atoms with Crippen molar-refractivity contribution in [2.45, 2.75) is 51.1 Å². The van der Waals surface area contributed by atoms with E-state index in [1.54, 1.807) is 6.07 Å². The maximum absolute atomic E-state index is 12.5. The van der Waals surface area contributed by atoms with Crippen LogP contribution in [0.4, 0.5) is 5.69 Å². The molecule has 0 radical (unpaired) electrons. The summed E-state index contributed by atoms with van der Waals surface area (Å²) in [6, 6.07) is 14.2. The van der Waals surface area contributed by atoms with Crippen molar-refractivity contribution in [1.29, 1.82) is 0 Å². The molecule has 2 aromatic carbocycles. The minimum atomic E-state index is 0.0814. The van der Waals surface area contributed by atoms with Gasteiger partial charge >= 0.3 is 0 Å². The van der Waals surface area contributed by atoms with Crippen molar-refractivity contribution in [2.24, 2.45) is 0 Å². The molecule has 0 aromatic heterocycles. The minimum absolute atomic E-state index is 0.0814. The molecule has 2 N–H and O–H groups in total. The lowest BCUT2D eigenvalue weighted by atomic mass is 9.86. The maximum Gasteiger partial charge on any atom is 0.223 e. The summed E-state index contributed by atoms with van der Waals surface area (Å²) in [7, 11) is 0. The Bertz CT molecular complexity index is 831. The van der Waals surface area contributed by atoms with Gasteiger partial charge in [-0.2, -0.15) is 0 Å². The van der Waals surface area contributed by atoms with Crippen LogP contribution in [0.1, 0.15) is 67.8 Å². The Morgan fingerprint density at radius 2 is 2.04 bits per heavy atom. The number of carbonyl (C=O) groups excluding carboxylic acids is 1. The number of rotatable bonds is 3. The highest BCUT2D eigenvalue weighted by Crippen LogP contribution is 2.44. The minimum Gasteiger partial charge on any atom is -0.508 e. The van der Waals surface area contributed by atoms with Crippen LogP contribution in [0.5, 0.6) is 5.75 Å². The molecule has 1 fully saturated rings. The number of hydrogen-bond acceptors (Lipinski definition) is 3. The predicted octanol–water partition coefficient (Wildman–Crippen LogP) is 4.74. The van der Waals surface area contributed by atoms with Crippen LogP contribution >= 0.6 is 0 Å². The highest BCUT2D eigenvalue weighted by Gasteiger charge is 2.36. The molecule has 0 saturated carbocycles. The largest absolute Gasteiger partial charge is 0.508 e. The fourth-order valence-electron chi connectivity index (χ4n) is 4.20. The predicted molar refractivity (Wildman–Crippen MR) is 103 cm³/mol. The second-order valence-corrected chi connectivity index (χ2v) is 7.74. The number of amides is 1. The molecule has 4 heteroatoms. The van der Waals surface area contributed by atoms with E-state index < -0.39 is 0 Å². The Labute approximate surface area is 154 Å². The van der Waals surface area contributed by atoms with E-state index in [-0.39, 0.29) is 23.7 Å². The molecule has 2 atom stereocenters. The molecule has 0 aliphatic carbocycles. The number of aromatic hydroxyl groups is 1. The van der Waals surface area contributed by atoms with Crippen LogP contribution in [-0.2, 0) is 4.79 Å². The van der Waals surface area contributed by atoms with Crippen molar-refractivity contribution in [3.05, 3.63) is 59.2 Å². The zero-order chi connectivity index (χ0) is 18.3. The zero-order valence-corrected chi connectivity index (χ0v) is 15.4. The molecular formula is C22H26N2O2. The van der Waals surface area contributed by atoms with Gasteiger partial charge in [0.25, 0.3) is 0 Å². The molecule has 2 aliphatic heterocycles. The van der Waals surface area contributed by atoms with Gasteiger partial charge in [0.2, 0.25) is 5.91 Å². The number of anilines is 1. The average Bonchev–Trinajstić information content (AvgIpc) is 3.06. The van der Waals surface area contributed by atoms with Crippen molar-refractivity contribution in [1.82, 2.24) is 4.90 Å². The Morgan fingerprint density at radius 3 is 2.73 bits per heavy atom. The van der Waals surface area contributed by atoms with Gasteiger partial charge < -0.3 is 15.3 Å². The molecule has 2 aromatic rings. The molecule has 0 bridgehead atoms. The van der Waals surface area contributed by atoms with Gasteiger partial charge in [0.05, 0.1) is 12.1 Å². The van der Waals surface area contributed by atoms with E-state index in [0.717, 1.165) is 30.6 Å². The van der Waals surface area contributed by atoms with E-state index in [0.29, 0.717) is 12.3 Å². The first kappa shape index (κ1) is 17.0. The Balaban J connectivity index is 1.75. The average molecular weight is 350 g/mol. The summed E-state index contributed by atoms with van der Waals surface area (Å²) in [5.41, 5.74) is 4.68. The summed E-state index contributed by atoms with van der Waals surface area (Å²) < 4.78 is 0. The quantitative estimate of drug-likeness (QED) is 0.841. The zero-order valence-electron chi connectivity index (χ0n) is 15.4. The fourth-order valence-corrected chi connectivity index (χ4v) is 4.20. The Hall–Kier alpha value is -2.49. The number of hydrogen-bond donors (Lipinski definition) is 2. The van der Waals surface area contributed by atoms with E-state index in [9.17, 15) is 9.90 Å². The molecule has 0 unspecified atom stereocenters. The highest BCUT2D eigenvalue weighted by atomic mass is 16.3. The lowest BCUT2D eigenvalue weighted by Crippen LogP contribution is -2.35. The van der Waals surface area contributed by atoms with Crippen molar-refractivity contribution < 1.29 is 9.90 Å². The van der Waals surface area contributed by atoms with Gasteiger partial charge in [-0.05, 0) is 53.6 Å². The third-order valence-corrected chi connectivity index (χ3v) is 5.65. The van der Waals surface area contributed by atoms with Crippen LogP contribution in [-0.4, -0.2) is 22.5 Å². The number of fused-ring (bicyclic) bond motifs is 1. The Morgan fingerprint density at radius 1 is 1.19 bits per heavy atom. The smallest absolute Gasteiger partial charge is 0.223 e. The van der Waals surface area contributed by atoms with Crippen LogP contribution < -0.4 is 5.32 Å². The number of benzene rings is 2. The Kier molecular flexibility index (Phi) is 4.35. The van der Waals surface area contributed by atoms with Crippen molar-refractivity contribution in [2.75, 3.05) is 11.9 Å². The molecule has 2 heterocycles. The van der Waals surface area contributed by atoms with E-state index in [1.807, 2.05) is 18.2 Å². The summed E-state index contributed by atoms with van der Waals surface area (Å²) in [6.45, 7) is 5.23. The molecule has 4 nitrogen and oxygen atoms in total. The normalized spacial score (nSPS) is 22.4.